The number of imidazole rings is 1. The van der Waals surface area contributed by atoms with Crippen molar-refractivity contribution in [2.45, 2.75) is 32.5 Å². The molecule has 3 amide bonds. The summed E-state index contributed by atoms with van der Waals surface area (Å²) in [5, 5.41) is 22.6. The fourth-order valence-corrected chi connectivity index (χ4v) is 3.82. The highest BCUT2D eigenvalue weighted by molar-refractivity contribution is 6.05. The van der Waals surface area contributed by atoms with Crippen LogP contribution in [0.5, 0.6) is 0 Å². The molecule has 0 saturated heterocycles. The van der Waals surface area contributed by atoms with Gasteiger partial charge in [-0.15, -0.1) is 0 Å². The second kappa shape index (κ2) is 10.1. The average Bonchev–Trinajstić information content (AvgIpc) is 3.34. The normalized spacial score (nSPS) is 13.1. The number of urea groups is 1. The molecule has 4 aromatic rings. The van der Waals surface area contributed by atoms with Crippen molar-refractivity contribution in [3.05, 3.63) is 77.6 Å². The van der Waals surface area contributed by atoms with Crippen molar-refractivity contribution in [1.29, 1.82) is 0 Å². The van der Waals surface area contributed by atoms with Gasteiger partial charge < -0.3 is 21.1 Å². The van der Waals surface area contributed by atoms with E-state index in [1.807, 2.05) is 0 Å². The predicted molar refractivity (Wildman–Crippen MR) is 136 cm³/mol. The van der Waals surface area contributed by atoms with E-state index in [2.05, 4.69) is 26.0 Å². The maximum atomic E-state index is 13.1. The number of aromatic nitrogens is 3. The van der Waals surface area contributed by atoms with Crippen LogP contribution in [0.1, 0.15) is 35.3 Å². The number of nitrogens with one attached hydrogen (secondary N) is 3. The number of hydrogen-bond donors (Lipinski definition) is 4. The van der Waals surface area contributed by atoms with Crippen molar-refractivity contribution in [3.63, 3.8) is 0 Å². The second-order valence-corrected chi connectivity index (χ2v) is 8.70. The third-order valence-corrected chi connectivity index (χ3v) is 6.06. The number of benzene rings is 2. The smallest absolute Gasteiger partial charge is 0.376 e. The highest BCUT2D eigenvalue weighted by Gasteiger charge is 2.51. The van der Waals surface area contributed by atoms with Crippen LogP contribution in [-0.2, 0) is 5.60 Å². The van der Waals surface area contributed by atoms with Crippen molar-refractivity contribution in [2.75, 3.05) is 17.2 Å². The fraction of sp³-hybridized carbons (Fsp3) is 0.231. The number of fused-ring (bicyclic) bond motifs is 1. The summed E-state index contributed by atoms with van der Waals surface area (Å²) in [6, 6.07) is 11.1. The molecule has 0 fully saturated rings. The number of amides is 3. The van der Waals surface area contributed by atoms with Gasteiger partial charge in [0.05, 0.1) is 11.4 Å². The third kappa shape index (κ3) is 5.16. The number of alkyl halides is 3. The molecule has 9 nitrogen and oxygen atoms in total. The maximum absolute atomic E-state index is 13.1. The van der Waals surface area contributed by atoms with E-state index in [4.69, 9.17) is 0 Å². The van der Waals surface area contributed by atoms with Gasteiger partial charge in [0, 0.05) is 35.8 Å². The lowest BCUT2D eigenvalue weighted by molar-refractivity contribution is -0.258. The third-order valence-electron chi connectivity index (χ3n) is 6.06. The number of carbonyl (C=O) groups excluding carboxylic acids is 2. The standard InChI is InChI=1S/C26H25F3N6O3/c1-4-30-24(37)33-21-14-20(34-35-13-12-31-22(21)35)18-6-5-7-19(15(18)2)32-23(36)16-8-10-17(11-9-16)25(3,38)26(27,28)29/h5-14,38H,4H2,1-3H3,(H,32,36)(H2,30,33,37). The minimum absolute atomic E-state index is 0.114. The van der Waals surface area contributed by atoms with E-state index in [-0.39, 0.29) is 11.1 Å². The van der Waals surface area contributed by atoms with Gasteiger partial charge in [0.1, 0.15) is 0 Å². The minimum Gasteiger partial charge on any atom is -0.376 e. The Morgan fingerprint density at radius 3 is 2.42 bits per heavy atom. The zero-order valence-electron chi connectivity index (χ0n) is 20.7. The Morgan fingerprint density at radius 2 is 1.76 bits per heavy atom. The summed E-state index contributed by atoms with van der Waals surface area (Å²) in [4.78, 5) is 29.2. The number of carbonyl (C=O) groups is 2. The lowest BCUT2D eigenvalue weighted by atomic mass is 9.94. The van der Waals surface area contributed by atoms with Gasteiger partial charge in [0.25, 0.3) is 5.91 Å². The molecule has 0 saturated carbocycles. The average molecular weight is 527 g/mol. The summed E-state index contributed by atoms with van der Waals surface area (Å²) in [5.74, 6) is -0.542. The largest absolute Gasteiger partial charge is 0.421 e. The SMILES string of the molecule is CCNC(=O)Nc1cc(-c2cccc(NC(=O)c3ccc(C(C)(O)C(F)(F)F)cc3)c2C)nn2ccnc12. The van der Waals surface area contributed by atoms with E-state index in [0.717, 1.165) is 12.1 Å². The quantitative estimate of drug-likeness (QED) is 0.286. The van der Waals surface area contributed by atoms with Crippen LogP contribution in [0.2, 0.25) is 0 Å². The van der Waals surface area contributed by atoms with Crippen LogP contribution in [0.15, 0.2) is 60.9 Å². The first kappa shape index (κ1) is 26.6. The van der Waals surface area contributed by atoms with Crippen molar-refractivity contribution >= 4 is 29.0 Å². The Bertz CT molecular complexity index is 1500. The Morgan fingerprint density at radius 1 is 1.05 bits per heavy atom. The van der Waals surface area contributed by atoms with Crippen LogP contribution in [0.25, 0.3) is 16.9 Å². The fourth-order valence-electron chi connectivity index (χ4n) is 3.82. The van der Waals surface area contributed by atoms with Crippen LogP contribution >= 0.6 is 0 Å². The van der Waals surface area contributed by atoms with E-state index in [1.165, 1.54) is 16.6 Å². The van der Waals surface area contributed by atoms with E-state index in [1.54, 1.807) is 50.5 Å². The maximum Gasteiger partial charge on any atom is 0.421 e. The second-order valence-electron chi connectivity index (χ2n) is 8.70. The molecule has 2 aromatic heterocycles. The molecule has 0 bridgehead atoms. The molecule has 0 aliphatic heterocycles. The van der Waals surface area contributed by atoms with Gasteiger partial charge in [-0.1, -0.05) is 24.3 Å². The number of halogens is 3. The molecule has 1 unspecified atom stereocenters. The van der Waals surface area contributed by atoms with Crippen LogP contribution in [-0.4, -0.2) is 44.4 Å². The Kier molecular flexibility index (Phi) is 7.09. The molecule has 198 valence electrons. The number of aliphatic hydroxyl groups is 1. The van der Waals surface area contributed by atoms with Gasteiger partial charge in [0.15, 0.2) is 11.2 Å². The van der Waals surface area contributed by atoms with Crippen LogP contribution < -0.4 is 16.0 Å². The number of rotatable bonds is 6. The number of anilines is 2. The van der Waals surface area contributed by atoms with Crippen molar-refractivity contribution in [1.82, 2.24) is 19.9 Å². The first-order valence-electron chi connectivity index (χ1n) is 11.6. The summed E-state index contributed by atoms with van der Waals surface area (Å²) < 4.78 is 40.9. The van der Waals surface area contributed by atoms with Crippen LogP contribution in [0, 0.1) is 6.92 Å². The first-order chi connectivity index (χ1) is 17.9. The van der Waals surface area contributed by atoms with Crippen molar-refractivity contribution < 1.29 is 27.9 Å². The van der Waals surface area contributed by atoms with E-state index in [9.17, 15) is 27.9 Å². The summed E-state index contributed by atoms with van der Waals surface area (Å²) in [5.41, 5.74) is -0.0897. The zero-order chi connectivity index (χ0) is 27.7. The summed E-state index contributed by atoms with van der Waals surface area (Å²) in [6.45, 7) is 4.68. The molecular weight excluding hydrogens is 501 g/mol. The Labute approximate surface area is 215 Å². The van der Waals surface area contributed by atoms with Gasteiger partial charge in [-0.3, -0.25) is 4.79 Å². The molecule has 4 N–H and O–H groups in total. The number of hydrogen-bond acceptors (Lipinski definition) is 5. The molecule has 38 heavy (non-hydrogen) atoms. The van der Waals surface area contributed by atoms with Crippen LogP contribution in [0.3, 0.4) is 0 Å². The Balaban J connectivity index is 1.62. The van der Waals surface area contributed by atoms with E-state index in [0.29, 0.717) is 47.3 Å². The molecule has 12 heteroatoms. The Hall–Kier alpha value is -4.45. The summed E-state index contributed by atoms with van der Waals surface area (Å²) in [6.07, 6.45) is -1.67. The van der Waals surface area contributed by atoms with Gasteiger partial charge in [0.2, 0.25) is 0 Å². The number of nitrogens with zero attached hydrogens (tertiary/aromatic N) is 3. The predicted octanol–water partition coefficient (Wildman–Crippen LogP) is 4.87. The topological polar surface area (TPSA) is 121 Å². The molecular formula is C26H25F3N6O3. The molecule has 2 aromatic carbocycles. The van der Waals surface area contributed by atoms with Crippen molar-refractivity contribution in [3.8, 4) is 11.3 Å². The summed E-state index contributed by atoms with van der Waals surface area (Å²) >= 11 is 0. The van der Waals surface area contributed by atoms with Gasteiger partial charge in [-0.2, -0.15) is 18.3 Å². The molecule has 0 spiro atoms. The molecule has 0 aliphatic carbocycles. The lowest BCUT2D eigenvalue weighted by Gasteiger charge is -2.26. The molecule has 0 radical (unpaired) electrons. The monoisotopic (exact) mass is 526 g/mol. The molecule has 2 heterocycles. The van der Waals surface area contributed by atoms with E-state index >= 15 is 0 Å². The van der Waals surface area contributed by atoms with Gasteiger partial charge in [-0.05, 0) is 56.2 Å². The van der Waals surface area contributed by atoms with E-state index < -0.39 is 23.7 Å². The summed E-state index contributed by atoms with van der Waals surface area (Å²) in [7, 11) is 0. The first-order valence-corrected chi connectivity index (χ1v) is 11.6. The molecule has 4 rings (SSSR count). The van der Waals surface area contributed by atoms with Gasteiger partial charge in [-0.25, -0.2) is 14.3 Å². The molecule has 0 aliphatic rings. The van der Waals surface area contributed by atoms with Crippen molar-refractivity contribution in [2.24, 2.45) is 0 Å². The highest BCUT2D eigenvalue weighted by atomic mass is 19.4. The highest BCUT2D eigenvalue weighted by Crippen LogP contribution is 2.38. The zero-order valence-corrected chi connectivity index (χ0v) is 20.7. The van der Waals surface area contributed by atoms with Gasteiger partial charge >= 0.3 is 12.2 Å². The minimum atomic E-state index is -4.86. The lowest BCUT2D eigenvalue weighted by Crippen LogP contribution is -2.39. The molecule has 1 atom stereocenters. The van der Waals surface area contributed by atoms with Crippen LogP contribution in [0.4, 0.5) is 29.3 Å².